The highest BCUT2D eigenvalue weighted by Gasteiger charge is 2.54. The van der Waals surface area contributed by atoms with Crippen molar-refractivity contribution in [3.05, 3.63) is 64.1 Å². The SMILES string of the molecule is CCC1OC(=O)[C@H](C)[C@H](OC2C[C@@](C)(OC)[C@@H](O)[C@H](C)O2)[C@H](C)[C@@H](OC2O[C@H](C)C[C@H](N(C)CCc3ccc(-n4cc(C)ccc4=O)cc3)[C@H]2O)[C@@](C)(OC)C[C@@H](C)C(=O)[C@H](C)[C@@H](O)[C@]1(C)O. The van der Waals surface area contributed by atoms with Crippen LogP contribution >= 0.6 is 0 Å². The zero-order chi connectivity index (χ0) is 49.9. The summed E-state index contributed by atoms with van der Waals surface area (Å²) in [4.78, 5) is 43.3. The van der Waals surface area contributed by atoms with Crippen LogP contribution in [0.15, 0.2) is 47.4 Å². The summed E-state index contributed by atoms with van der Waals surface area (Å²) in [6, 6.07) is 10.8. The molecule has 3 aliphatic heterocycles. The molecule has 16 heteroatoms. The lowest BCUT2D eigenvalue weighted by atomic mass is 9.74. The third-order valence-corrected chi connectivity index (χ3v) is 15.2. The van der Waals surface area contributed by atoms with E-state index in [0.717, 1.165) is 16.8 Å². The van der Waals surface area contributed by atoms with Crippen LogP contribution in [-0.4, -0.2) is 154 Å². The monoisotopic (exact) mass is 945 g/mol. The van der Waals surface area contributed by atoms with Gasteiger partial charge in [-0.3, -0.25) is 19.0 Å². The molecule has 4 N–H and O–H groups in total. The van der Waals surface area contributed by atoms with Crippen molar-refractivity contribution in [3.63, 3.8) is 0 Å². The van der Waals surface area contributed by atoms with Crippen LogP contribution in [0, 0.1) is 30.6 Å². The number of benzene rings is 1. The molecule has 5 rings (SSSR count). The highest BCUT2D eigenvalue weighted by atomic mass is 16.7. The second-order valence-corrected chi connectivity index (χ2v) is 20.5. The summed E-state index contributed by atoms with van der Waals surface area (Å²) in [5.41, 5.74) is -1.69. The second kappa shape index (κ2) is 22.3. The fraction of sp³-hybridized carbons (Fsp3) is 0.745. The van der Waals surface area contributed by atoms with Gasteiger partial charge in [0.2, 0.25) is 0 Å². The number of cyclic esters (lactones) is 1. The molecule has 1 aromatic heterocycles. The number of nitrogens with zero attached hydrogens (tertiary/aromatic N) is 2. The molecule has 3 unspecified atom stereocenters. The Morgan fingerprint density at radius 2 is 1.48 bits per heavy atom. The molecule has 3 saturated heterocycles. The van der Waals surface area contributed by atoms with Crippen molar-refractivity contribution in [1.29, 1.82) is 0 Å². The van der Waals surface area contributed by atoms with Crippen LogP contribution in [0.5, 0.6) is 0 Å². The first kappa shape index (κ1) is 54.8. The van der Waals surface area contributed by atoms with Crippen LogP contribution in [0.2, 0.25) is 0 Å². The topological polar surface area (TPSA) is 205 Å². The van der Waals surface area contributed by atoms with Crippen molar-refractivity contribution in [2.24, 2.45) is 23.7 Å². The Kier molecular flexibility index (Phi) is 18.2. The predicted molar refractivity (Wildman–Crippen MR) is 250 cm³/mol. The van der Waals surface area contributed by atoms with Gasteiger partial charge in [-0.1, -0.05) is 45.9 Å². The van der Waals surface area contributed by atoms with E-state index < -0.39 is 108 Å². The quantitative estimate of drug-likeness (QED) is 0.216. The van der Waals surface area contributed by atoms with E-state index in [4.69, 9.17) is 33.2 Å². The summed E-state index contributed by atoms with van der Waals surface area (Å²) in [5, 5.41) is 46.7. The lowest BCUT2D eigenvalue weighted by Crippen LogP contribution is -2.61. The second-order valence-electron chi connectivity index (χ2n) is 20.5. The van der Waals surface area contributed by atoms with Gasteiger partial charge in [-0.25, -0.2) is 0 Å². The minimum Gasteiger partial charge on any atom is -0.459 e. The Hall–Kier alpha value is -3.13. The molecule has 0 saturated carbocycles. The van der Waals surface area contributed by atoms with E-state index >= 15 is 0 Å². The zero-order valence-electron chi connectivity index (χ0n) is 42.2. The largest absolute Gasteiger partial charge is 0.459 e. The van der Waals surface area contributed by atoms with Gasteiger partial charge in [0.05, 0.1) is 47.6 Å². The van der Waals surface area contributed by atoms with E-state index in [9.17, 15) is 34.8 Å². The number of aromatic nitrogens is 1. The van der Waals surface area contributed by atoms with Crippen molar-refractivity contribution in [2.45, 2.75) is 193 Å². The summed E-state index contributed by atoms with van der Waals surface area (Å²) >= 11 is 0. The van der Waals surface area contributed by atoms with Crippen LogP contribution in [0.4, 0.5) is 0 Å². The number of hydrogen-bond acceptors (Lipinski definition) is 15. The number of aliphatic hydroxyl groups is 4. The lowest BCUT2D eigenvalue weighted by molar-refractivity contribution is -0.319. The molecule has 16 nitrogen and oxygen atoms in total. The minimum atomic E-state index is -2.00. The first-order valence-corrected chi connectivity index (χ1v) is 24.0. The molecule has 0 aliphatic carbocycles. The molecule has 3 fully saturated rings. The van der Waals surface area contributed by atoms with E-state index in [0.29, 0.717) is 19.4 Å². The number of ketones is 1. The van der Waals surface area contributed by atoms with Crippen molar-refractivity contribution < 1.29 is 63.2 Å². The molecule has 0 spiro atoms. The molecule has 1 aromatic carbocycles. The van der Waals surface area contributed by atoms with Crippen LogP contribution in [0.25, 0.3) is 5.69 Å². The van der Waals surface area contributed by atoms with Gasteiger partial charge in [0.1, 0.15) is 29.7 Å². The van der Waals surface area contributed by atoms with E-state index in [-0.39, 0.29) is 36.7 Å². The Morgan fingerprint density at radius 1 is 0.836 bits per heavy atom. The first-order chi connectivity index (χ1) is 31.3. The van der Waals surface area contributed by atoms with Gasteiger partial charge in [0, 0.05) is 68.9 Å². The van der Waals surface area contributed by atoms with Gasteiger partial charge < -0.3 is 58.5 Å². The van der Waals surface area contributed by atoms with Crippen LogP contribution < -0.4 is 5.56 Å². The summed E-state index contributed by atoms with van der Waals surface area (Å²) < 4.78 is 46.3. The Labute approximate surface area is 397 Å². The highest BCUT2D eigenvalue weighted by molar-refractivity contribution is 5.83. The maximum absolute atomic E-state index is 14.4. The Bertz CT molecular complexity index is 2010. The maximum atomic E-state index is 14.4. The number of methoxy groups -OCH3 is 2. The Morgan fingerprint density at radius 3 is 2.09 bits per heavy atom. The average molecular weight is 945 g/mol. The molecule has 2 aromatic rings. The van der Waals surface area contributed by atoms with Gasteiger partial charge in [0.15, 0.2) is 12.6 Å². The smallest absolute Gasteiger partial charge is 0.311 e. The third-order valence-electron chi connectivity index (χ3n) is 15.2. The molecule has 0 amide bonds. The number of aliphatic hydroxyl groups excluding tert-OH is 3. The number of carbonyl (C=O) groups excluding carboxylic acids is 2. The van der Waals surface area contributed by atoms with Gasteiger partial charge >= 0.3 is 5.97 Å². The summed E-state index contributed by atoms with van der Waals surface area (Å²) in [6.45, 7) is 19.6. The van der Waals surface area contributed by atoms with Crippen LogP contribution in [-0.2, 0) is 49.2 Å². The molecule has 0 bridgehead atoms. The molecule has 4 heterocycles. The third kappa shape index (κ3) is 12.1. The standard InChI is InChI=1S/C51H80N2O14/c1-15-38-51(11,60)44(57)31(5)41(55)29(3)25-50(10,62-14)46(32(6)43(33(7)47(59)65-38)66-40-26-49(9,61-13)45(58)34(8)64-40)67-48-42(56)37(24-30(4)63-48)52(12)23-22-35-17-19-36(20-18-35)53-27-28(2)16-21-39(53)54/h16-21,27,29-34,37-38,40,42-46,48,56-58,60H,15,22-26H2,1-14H3/t29-,30-,31+,32+,33-,34+,37+,38?,40?,42-,43-,44-,45+,46-,48?,49-,50+,51-/m1/s1. The Balaban J connectivity index is 1.50. The van der Waals surface area contributed by atoms with Crippen LogP contribution in [0.1, 0.15) is 106 Å². The van der Waals surface area contributed by atoms with Crippen molar-refractivity contribution in [2.75, 3.05) is 27.8 Å². The number of Topliss-reactive ketones (excluding diaryl/α,β-unsaturated/α-hetero) is 1. The van der Waals surface area contributed by atoms with Gasteiger partial charge in [-0.05, 0) is 104 Å². The summed E-state index contributed by atoms with van der Waals surface area (Å²) in [7, 11) is 4.95. The summed E-state index contributed by atoms with van der Waals surface area (Å²) in [5.74, 6) is -4.70. The fourth-order valence-corrected chi connectivity index (χ4v) is 10.6. The zero-order valence-corrected chi connectivity index (χ0v) is 42.2. The number of ether oxygens (including phenoxy) is 7. The number of hydrogen-bond donors (Lipinski definition) is 4. The fourth-order valence-electron chi connectivity index (χ4n) is 10.6. The van der Waals surface area contributed by atoms with Crippen molar-refractivity contribution in [3.8, 4) is 5.69 Å². The minimum absolute atomic E-state index is 0.0726. The maximum Gasteiger partial charge on any atom is 0.311 e. The highest BCUT2D eigenvalue weighted by Crippen LogP contribution is 2.42. The normalized spacial score (nSPS) is 40.6. The number of carbonyl (C=O) groups is 2. The molecule has 3 aliphatic rings. The van der Waals surface area contributed by atoms with E-state index in [1.165, 1.54) is 21.1 Å². The predicted octanol–water partition coefficient (Wildman–Crippen LogP) is 4.51. The molecule has 378 valence electrons. The molecular formula is C51H80N2O14. The first-order valence-electron chi connectivity index (χ1n) is 24.0. The summed E-state index contributed by atoms with van der Waals surface area (Å²) in [6.07, 6.45) is -6.99. The number of aryl methyl sites for hydroxylation is 1. The van der Waals surface area contributed by atoms with Gasteiger partial charge in [-0.2, -0.15) is 0 Å². The van der Waals surface area contributed by atoms with Crippen molar-refractivity contribution in [1.82, 2.24) is 9.47 Å². The molecule has 0 radical (unpaired) electrons. The number of rotatable bonds is 12. The lowest BCUT2D eigenvalue weighted by Gasteiger charge is -2.50. The van der Waals surface area contributed by atoms with Gasteiger partial charge in [-0.15, -0.1) is 0 Å². The molecule has 67 heavy (non-hydrogen) atoms. The number of likely N-dealkylation sites (N-methyl/N-ethyl adjacent to an activating group) is 1. The van der Waals surface area contributed by atoms with E-state index in [1.807, 2.05) is 58.3 Å². The number of pyridine rings is 1. The molecular weight excluding hydrogens is 865 g/mol. The van der Waals surface area contributed by atoms with Gasteiger partial charge in [0.25, 0.3) is 5.56 Å². The van der Waals surface area contributed by atoms with E-state index in [2.05, 4.69) is 4.90 Å². The molecule has 18 atom stereocenters. The van der Waals surface area contributed by atoms with E-state index in [1.54, 1.807) is 65.2 Å². The van der Waals surface area contributed by atoms with Crippen molar-refractivity contribution >= 4 is 11.8 Å². The number of esters is 1. The van der Waals surface area contributed by atoms with Crippen LogP contribution in [0.3, 0.4) is 0 Å². The average Bonchev–Trinajstić information content (AvgIpc) is 3.30.